The van der Waals surface area contributed by atoms with Crippen LogP contribution in [0.1, 0.15) is 31.2 Å². The third-order valence-corrected chi connectivity index (χ3v) is 3.65. The molecule has 114 valence electrons. The van der Waals surface area contributed by atoms with Crippen molar-refractivity contribution in [2.45, 2.75) is 32.2 Å². The zero-order valence-corrected chi connectivity index (χ0v) is 13.4. The number of hydrogen-bond donors (Lipinski definition) is 2. The highest BCUT2D eigenvalue weighted by atomic mass is 35.5. The van der Waals surface area contributed by atoms with Crippen molar-refractivity contribution in [2.75, 3.05) is 32.6 Å². The first kappa shape index (κ1) is 17.3. The zero-order chi connectivity index (χ0) is 14.5. The van der Waals surface area contributed by atoms with Crippen LogP contribution in [-0.2, 0) is 6.54 Å². The predicted molar refractivity (Wildman–Crippen MR) is 84.3 cm³/mol. The Labute approximate surface area is 128 Å². The average molecular weight is 301 g/mol. The number of nitrogens with two attached hydrogens (primary N) is 2. The fraction of sp³-hybridized carbons (Fsp3) is 0.625. The summed E-state index contributed by atoms with van der Waals surface area (Å²) in [5.74, 6) is 1.76. The second-order valence-electron chi connectivity index (χ2n) is 5.06. The number of quaternary nitrogens is 2. The molecule has 0 radical (unpaired) electrons. The fourth-order valence-corrected chi connectivity index (χ4v) is 2.44. The van der Waals surface area contributed by atoms with Crippen molar-refractivity contribution in [2.24, 2.45) is 0 Å². The van der Waals surface area contributed by atoms with Gasteiger partial charge in [0, 0.05) is 5.56 Å². The maximum Gasteiger partial charge on any atom is 0.127 e. The summed E-state index contributed by atoms with van der Waals surface area (Å²) >= 11 is 5.63. The van der Waals surface area contributed by atoms with Crippen LogP contribution >= 0.6 is 11.6 Å². The minimum atomic E-state index is 0.762. The molecule has 0 bridgehead atoms. The number of rotatable bonds is 12. The summed E-state index contributed by atoms with van der Waals surface area (Å²) in [5.41, 5.74) is 1.28. The Balaban J connectivity index is 1.97. The maximum atomic E-state index is 5.63. The van der Waals surface area contributed by atoms with Gasteiger partial charge in [-0.3, -0.25) is 0 Å². The SMILES string of the molecule is COc1ccccc1C[NH2+]CCCCCC[NH2+]CCCl. The first-order valence-corrected chi connectivity index (χ1v) is 8.23. The molecule has 3 nitrogen and oxygen atoms in total. The summed E-state index contributed by atoms with van der Waals surface area (Å²) < 4.78 is 5.35. The van der Waals surface area contributed by atoms with Gasteiger partial charge in [-0.25, -0.2) is 0 Å². The lowest BCUT2D eigenvalue weighted by atomic mass is 10.1. The molecule has 0 amide bonds. The van der Waals surface area contributed by atoms with E-state index in [4.69, 9.17) is 16.3 Å². The predicted octanol–water partition coefficient (Wildman–Crippen LogP) is 1.12. The Morgan fingerprint density at radius 1 is 0.950 bits per heavy atom. The Hall–Kier alpha value is -0.770. The number of halogens is 1. The molecular weight excluding hydrogens is 272 g/mol. The molecular formula is C16H29ClN2O+2. The third kappa shape index (κ3) is 7.73. The van der Waals surface area contributed by atoms with E-state index in [1.807, 2.05) is 12.1 Å². The normalized spacial score (nSPS) is 10.7. The van der Waals surface area contributed by atoms with Gasteiger partial charge in [-0.1, -0.05) is 12.1 Å². The quantitative estimate of drug-likeness (QED) is 0.441. The molecule has 0 heterocycles. The lowest BCUT2D eigenvalue weighted by Crippen LogP contribution is -2.84. The molecule has 0 unspecified atom stereocenters. The van der Waals surface area contributed by atoms with Crippen LogP contribution in [0.5, 0.6) is 5.75 Å². The number of ether oxygens (including phenoxy) is 1. The Morgan fingerprint density at radius 3 is 2.35 bits per heavy atom. The molecule has 1 rings (SSSR count). The lowest BCUT2D eigenvalue weighted by Gasteiger charge is -2.07. The maximum absolute atomic E-state index is 5.63. The van der Waals surface area contributed by atoms with Gasteiger partial charge in [0.15, 0.2) is 0 Å². The van der Waals surface area contributed by atoms with Gasteiger partial charge in [0.1, 0.15) is 12.3 Å². The fourth-order valence-electron chi connectivity index (χ4n) is 2.28. The van der Waals surface area contributed by atoms with Crippen LogP contribution < -0.4 is 15.4 Å². The molecule has 0 fully saturated rings. The molecule has 1 aromatic carbocycles. The molecule has 0 saturated carbocycles. The van der Waals surface area contributed by atoms with Gasteiger partial charge in [0.05, 0.1) is 32.6 Å². The number of unbranched alkanes of at least 4 members (excludes halogenated alkanes) is 3. The molecule has 20 heavy (non-hydrogen) atoms. The summed E-state index contributed by atoms with van der Waals surface area (Å²) in [6.07, 6.45) is 5.27. The van der Waals surface area contributed by atoms with Crippen LogP contribution in [-0.4, -0.2) is 32.6 Å². The summed E-state index contributed by atoms with van der Waals surface area (Å²) in [6, 6.07) is 8.26. The van der Waals surface area contributed by atoms with Gasteiger partial charge in [-0.05, 0) is 37.8 Å². The monoisotopic (exact) mass is 300 g/mol. The highest BCUT2D eigenvalue weighted by Crippen LogP contribution is 2.15. The van der Waals surface area contributed by atoms with Gasteiger partial charge in [-0.15, -0.1) is 11.6 Å². The van der Waals surface area contributed by atoms with E-state index in [1.54, 1.807) is 7.11 Å². The molecule has 4 N–H and O–H groups in total. The van der Waals surface area contributed by atoms with Crippen LogP contribution in [0.15, 0.2) is 24.3 Å². The number of hydrogen-bond acceptors (Lipinski definition) is 1. The molecule has 0 aliphatic heterocycles. The van der Waals surface area contributed by atoms with Crippen LogP contribution in [0.25, 0.3) is 0 Å². The highest BCUT2D eigenvalue weighted by Gasteiger charge is 2.02. The van der Waals surface area contributed by atoms with Gasteiger partial charge in [0.25, 0.3) is 0 Å². The first-order chi connectivity index (χ1) is 9.88. The molecule has 0 saturated heterocycles. The minimum Gasteiger partial charge on any atom is -0.496 e. The molecule has 0 spiro atoms. The van der Waals surface area contributed by atoms with Gasteiger partial charge in [-0.2, -0.15) is 0 Å². The summed E-state index contributed by atoms with van der Waals surface area (Å²) in [4.78, 5) is 0. The van der Waals surface area contributed by atoms with E-state index in [9.17, 15) is 0 Å². The largest absolute Gasteiger partial charge is 0.496 e. The van der Waals surface area contributed by atoms with E-state index in [1.165, 1.54) is 44.3 Å². The van der Waals surface area contributed by atoms with Crippen LogP contribution in [0.2, 0.25) is 0 Å². The van der Waals surface area contributed by atoms with E-state index < -0.39 is 0 Å². The molecule has 1 aromatic rings. The van der Waals surface area contributed by atoms with Crippen molar-refractivity contribution in [1.82, 2.24) is 0 Å². The van der Waals surface area contributed by atoms with Crippen molar-refractivity contribution in [3.8, 4) is 5.75 Å². The molecule has 0 atom stereocenters. The number of benzene rings is 1. The zero-order valence-electron chi connectivity index (χ0n) is 12.6. The van der Waals surface area contributed by atoms with Crippen LogP contribution in [0, 0.1) is 0 Å². The number of para-hydroxylation sites is 1. The minimum absolute atomic E-state index is 0.762. The second-order valence-corrected chi connectivity index (χ2v) is 5.44. The van der Waals surface area contributed by atoms with Crippen molar-refractivity contribution in [1.29, 1.82) is 0 Å². The van der Waals surface area contributed by atoms with Gasteiger partial charge < -0.3 is 15.4 Å². The van der Waals surface area contributed by atoms with E-state index >= 15 is 0 Å². The molecule has 0 aliphatic rings. The van der Waals surface area contributed by atoms with E-state index in [2.05, 4.69) is 22.8 Å². The number of alkyl halides is 1. The molecule has 0 aliphatic carbocycles. The average Bonchev–Trinajstić information content (AvgIpc) is 2.49. The van der Waals surface area contributed by atoms with Crippen LogP contribution in [0.4, 0.5) is 0 Å². The first-order valence-electron chi connectivity index (χ1n) is 7.69. The lowest BCUT2D eigenvalue weighted by molar-refractivity contribution is -0.671. The topological polar surface area (TPSA) is 42.5 Å². The Morgan fingerprint density at radius 2 is 1.65 bits per heavy atom. The molecule has 0 aromatic heterocycles. The van der Waals surface area contributed by atoms with Crippen molar-refractivity contribution in [3.63, 3.8) is 0 Å². The summed E-state index contributed by atoms with van der Waals surface area (Å²) in [6.45, 7) is 4.48. The van der Waals surface area contributed by atoms with E-state index in [-0.39, 0.29) is 0 Å². The third-order valence-electron chi connectivity index (χ3n) is 3.44. The highest BCUT2D eigenvalue weighted by molar-refractivity contribution is 6.17. The van der Waals surface area contributed by atoms with Crippen LogP contribution in [0.3, 0.4) is 0 Å². The molecule has 4 heteroatoms. The van der Waals surface area contributed by atoms with Gasteiger partial charge >= 0.3 is 0 Å². The smallest absolute Gasteiger partial charge is 0.127 e. The van der Waals surface area contributed by atoms with E-state index in [0.29, 0.717) is 0 Å². The number of methoxy groups -OCH3 is 1. The van der Waals surface area contributed by atoms with Gasteiger partial charge in [0.2, 0.25) is 0 Å². The van der Waals surface area contributed by atoms with E-state index in [0.717, 1.165) is 24.7 Å². The van der Waals surface area contributed by atoms with Crippen molar-refractivity contribution < 1.29 is 15.4 Å². The van der Waals surface area contributed by atoms with Crippen molar-refractivity contribution >= 4 is 11.6 Å². The Bertz CT molecular complexity index is 347. The summed E-state index contributed by atoms with van der Waals surface area (Å²) in [5, 5.41) is 4.68. The Kier molecular flexibility index (Phi) is 10.4. The second kappa shape index (κ2) is 12.0. The standard InChI is InChI=1S/C16H27ClN2O/c1-20-16-9-5-4-8-15(16)14-19-12-7-3-2-6-11-18-13-10-17/h4-5,8-9,18-19H,2-3,6-7,10-14H2,1H3/p+2. The summed E-state index contributed by atoms with van der Waals surface area (Å²) in [7, 11) is 1.74. The van der Waals surface area contributed by atoms with Crippen molar-refractivity contribution in [3.05, 3.63) is 29.8 Å².